The molecule has 0 bridgehead atoms. The molecule has 1 amide bonds. The van der Waals surface area contributed by atoms with Gasteiger partial charge in [-0.05, 0) is 162 Å². The van der Waals surface area contributed by atoms with E-state index >= 15 is 0 Å². The summed E-state index contributed by atoms with van der Waals surface area (Å²) in [5.74, 6) is 4.97. The van der Waals surface area contributed by atoms with E-state index in [0.29, 0.717) is 31.4 Å². The zero-order valence-corrected chi connectivity index (χ0v) is 75.4. The number of carbonyl (C=O) groups excluding carboxylic acids is 3. The number of Topliss-reactive ketones (excluding diaryl/α,β-unsaturated/α-hetero) is 2. The van der Waals surface area contributed by atoms with Crippen LogP contribution in [0.2, 0.25) is 0 Å². The van der Waals surface area contributed by atoms with Gasteiger partial charge < -0.3 is 57.2 Å². The molecule has 5 rings (SSSR count). The van der Waals surface area contributed by atoms with Gasteiger partial charge in [0.05, 0.1) is 6.33 Å². The van der Waals surface area contributed by atoms with Crippen molar-refractivity contribution in [1.29, 1.82) is 0 Å². The largest absolute Gasteiger partial charge is 0.508 e. The van der Waals surface area contributed by atoms with Crippen molar-refractivity contribution in [2.24, 2.45) is 39.9 Å². The van der Waals surface area contributed by atoms with Crippen molar-refractivity contribution in [2.45, 2.75) is 343 Å². The molecule has 0 unspecified atom stereocenters. The number of hydrogen-bond donors (Lipinski definition) is 10. The number of aryl methyl sites for hydroxylation is 4. The number of aromatic hydroxyl groups is 1. The van der Waals surface area contributed by atoms with Gasteiger partial charge in [-0.3, -0.25) is 14.6 Å². The fraction of sp³-hybridized carbons (Fsp3) is 0.678. The summed E-state index contributed by atoms with van der Waals surface area (Å²) in [7, 11) is 0. The molecular formula is C87H175N7O8S2. The molecule has 0 saturated carbocycles. The lowest BCUT2D eigenvalue weighted by atomic mass is 10.2. The number of aliphatic carboxylic acids is 1. The van der Waals surface area contributed by atoms with Gasteiger partial charge in [0.15, 0.2) is 5.96 Å². The second-order valence-electron chi connectivity index (χ2n) is 23.9. The van der Waals surface area contributed by atoms with Crippen molar-refractivity contribution in [3.05, 3.63) is 120 Å². The molecule has 0 aliphatic rings. The number of benzene rings is 3. The number of aliphatic hydroxyl groups excluding tert-OH is 2. The number of primary amides is 1. The number of nitrogens with two attached hydrogens (primary N) is 3. The average Bonchev–Trinajstić information content (AvgIpc) is 1.71. The number of amides is 1. The number of phenols is 1. The third-order valence-electron chi connectivity index (χ3n) is 11.3. The number of carboxylic acids is 1. The number of aromatic amines is 2. The summed E-state index contributed by atoms with van der Waals surface area (Å²) in [6.07, 6.45) is 25.2. The van der Waals surface area contributed by atoms with Crippen molar-refractivity contribution in [1.82, 2.24) is 15.0 Å². The smallest absolute Gasteiger partial charge is 0.303 e. The van der Waals surface area contributed by atoms with Gasteiger partial charge in [-0.25, -0.2) is 4.98 Å². The predicted octanol–water partition coefficient (Wildman–Crippen LogP) is 24.6. The normalized spacial score (nSPS) is 8.61. The molecule has 0 saturated heterocycles. The number of nitrogens with one attached hydrogen (secondary N) is 2. The highest BCUT2D eigenvalue weighted by atomic mass is 32.2. The summed E-state index contributed by atoms with van der Waals surface area (Å²) >= 11 is 5.69. The lowest BCUT2D eigenvalue weighted by Gasteiger charge is -1.93. The van der Waals surface area contributed by atoms with Crippen LogP contribution in [0.25, 0.3) is 10.9 Å². The predicted molar refractivity (Wildman–Crippen MR) is 475 cm³/mol. The molecule has 0 radical (unpaired) electrons. The Morgan fingerprint density at radius 2 is 0.913 bits per heavy atom. The molecule has 104 heavy (non-hydrogen) atoms. The molecule has 3 aromatic carbocycles. The topological polar surface area (TPSA) is 284 Å². The Bertz CT molecular complexity index is 2200. The first-order valence-corrected chi connectivity index (χ1v) is 41.4. The number of unbranched alkanes of at least 4 members (excludes halogenated alkanes) is 4. The highest BCUT2D eigenvalue weighted by Crippen LogP contribution is 2.14. The van der Waals surface area contributed by atoms with Gasteiger partial charge in [0, 0.05) is 68.0 Å². The van der Waals surface area contributed by atoms with E-state index in [2.05, 4.69) is 211 Å². The van der Waals surface area contributed by atoms with Crippen molar-refractivity contribution < 1.29 is 39.6 Å². The van der Waals surface area contributed by atoms with Gasteiger partial charge in [0.2, 0.25) is 5.91 Å². The standard InChI is InChI=1S/C10H11N.C8H10O.C8H10.C6H14.C5H13N3.C5H8N2.2C5H12.C4H9NO.C4H8O2.2C4H8O.C4H10S.C4H10.C3H8O.C2H6O.C2H6S.2C2H6/c1-2-9-7-8-5-3-4-6-10(8)11-9;1-2-7-3-5-8(9)6-4-7;1-2-8-6-4-3-5-7-8;1-3-5-6-4-2;1-2-3-4-8-5(6)7;1-2-5-3-6-4-7-5;2*1-4-5(2)3;2*1-2-3-4(5)6;2*1-3-4(2)5;1-3-4-5-2;1-4(2)3;1-3(2)4;2*1-2-3;2*1-2/h3-7,11H,2H2,1H3;3-6,9H,2H2,1H3;3-7H,2H2,1H3;3-6H2,1-2H3;2-4H2,1H3,(H4,6,7,8);3-4H,2H2,1H3,(H,6,7);2*5H,4H2,1-3H3;2-3H2,1H3,(H2,5,6);2-3H2,1H3,(H,5,6);2*3H2,1-2H3;3-4H2,1-2H3;4H,1-3H3;3-4H,1-2H3;2*3H,2H2,1H3;2*1-2H3. The van der Waals surface area contributed by atoms with Crippen LogP contribution in [0.4, 0.5) is 0 Å². The number of thiol groups is 1. The number of aliphatic hydroxyl groups is 2. The minimum atomic E-state index is -0.711. The summed E-state index contributed by atoms with van der Waals surface area (Å²) in [6, 6.07) is 28.3. The van der Waals surface area contributed by atoms with Crippen molar-refractivity contribution in [3.63, 3.8) is 0 Å². The first kappa shape index (κ1) is 131. The zero-order valence-electron chi connectivity index (χ0n) is 73.7. The number of carboxylic acid groups (broad SMARTS) is 1. The van der Waals surface area contributed by atoms with Crippen LogP contribution in [0.5, 0.6) is 5.75 Å². The average molecular weight is 1510 g/mol. The highest BCUT2D eigenvalue weighted by Gasteiger charge is 1.96. The van der Waals surface area contributed by atoms with Crippen LogP contribution in [0.3, 0.4) is 0 Å². The van der Waals surface area contributed by atoms with Crippen LogP contribution in [-0.2, 0) is 44.9 Å². The Kier molecular flexibility index (Phi) is 153. The Balaban J connectivity index is -0.0000000695. The quantitative estimate of drug-likeness (QED) is 0.0151. The fourth-order valence-corrected chi connectivity index (χ4v) is 5.19. The first-order chi connectivity index (χ1) is 49.1. The number of para-hydroxylation sites is 1. The molecule has 15 nitrogen and oxygen atoms in total. The van der Waals surface area contributed by atoms with E-state index in [4.69, 9.17) is 37.6 Å². The number of fused-ring (bicyclic) bond motifs is 1. The lowest BCUT2D eigenvalue weighted by molar-refractivity contribution is -0.137. The molecule has 2 aromatic heterocycles. The number of carbonyl (C=O) groups is 4. The number of aromatic nitrogens is 3. The third kappa shape index (κ3) is 177. The number of rotatable bonds is 20. The first-order valence-electron chi connectivity index (χ1n) is 39.4. The van der Waals surface area contributed by atoms with Gasteiger partial charge in [-0.2, -0.15) is 24.4 Å². The van der Waals surface area contributed by atoms with E-state index < -0.39 is 5.97 Å². The van der Waals surface area contributed by atoms with Crippen molar-refractivity contribution in [3.8, 4) is 5.75 Å². The minimum absolute atomic E-state index is 0.167. The van der Waals surface area contributed by atoms with E-state index in [1.54, 1.807) is 53.1 Å². The molecule has 0 fully saturated rings. The summed E-state index contributed by atoms with van der Waals surface area (Å²) in [4.78, 5) is 53.0. The highest BCUT2D eigenvalue weighted by molar-refractivity contribution is 7.98. The van der Waals surface area contributed by atoms with Gasteiger partial charge >= 0.3 is 5.97 Å². The number of H-pyrrole nitrogens is 2. The Hall–Kier alpha value is -5.62. The Morgan fingerprint density at radius 3 is 1.12 bits per heavy atom. The number of guanidine groups is 1. The number of aliphatic imine (C=N–C) groups is 1. The van der Waals surface area contributed by atoms with E-state index in [-0.39, 0.29) is 36.1 Å². The van der Waals surface area contributed by atoms with Crippen LogP contribution in [0.15, 0.2) is 102 Å². The molecule has 0 aliphatic carbocycles. The van der Waals surface area contributed by atoms with E-state index in [1.165, 1.54) is 84.1 Å². The minimum Gasteiger partial charge on any atom is -0.508 e. The molecule has 12 N–H and O–H groups in total. The second kappa shape index (κ2) is 121. The van der Waals surface area contributed by atoms with E-state index in [9.17, 15) is 19.2 Å². The molecule has 0 atom stereocenters. The maximum absolute atomic E-state index is 9.82. The van der Waals surface area contributed by atoms with Crippen LogP contribution >= 0.6 is 24.4 Å². The van der Waals surface area contributed by atoms with Crippen LogP contribution in [0, 0.1) is 17.8 Å². The van der Waals surface area contributed by atoms with Crippen molar-refractivity contribution in [2.75, 3.05) is 30.9 Å². The van der Waals surface area contributed by atoms with E-state index in [0.717, 1.165) is 81.4 Å². The molecular weight excluding hydrogens is 1340 g/mol. The molecule has 0 aliphatic heterocycles. The number of hydrogen-bond acceptors (Lipinski definition) is 11. The van der Waals surface area contributed by atoms with Gasteiger partial charge in [0.1, 0.15) is 17.3 Å². The number of imidazole rings is 1. The summed E-state index contributed by atoms with van der Waals surface area (Å²) in [5.41, 5.74) is 21.3. The Morgan fingerprint density at radius 1 is 0.558 bits per heavy atom. The summed E-state index contributed by atoms with van der Waals surface area (Å²) in [6.45, 7) is 63.8. The maximum atomic E-state index is 9.82. The molecule has 618 valence electrons. The third-order valence-corrected chi connectivity index (χ3v) is 12.1. The summed E-state index contributed by atoms with van der Waals surface area (Å²) in [5, 5.41) is 33.7. The van der Waals surface area contributed by atoms with Gasteiger partial charge in [0.25, 0.3) is 0 Å². The zero-order chi connectivity index (χ0) is 84.4. The fourth-order valence-electron chi connectivity index (χ4n) is 4.78. The molecule has 2 heterocycles. The van der Waals surface area contributed by atoms with Gasteiger partial charge in [-0.15, -0.1) is 0 Å². The van der Waals surface area contributed by atoms with Crippen LogP contribution in [-0.4, -0.2) is 102 Å². The van der Waals surface area contributed by atoms with Crippen LogP contribution in [0.1, 0.15) is 333 Å². The lowest BCUT2D eigenvalue weighted by Crippen LogP contribution is -2.22. The molecule has 0 spiro atoms. The SMILES string of the molecule is CC.CC.CC(C)C.CC(C)O.CCC(C)=O.CCC(C)=O.CCC(C)C.CCC(C)C.CCCC(=O)O.CCCC(N)=O.CCCCCC.CCCCN=C(N)N.CCCSC.CCO.CCS.CCc1cc2ccccc2[nH]1.CCc1ccc(O)cc1.CCc1ccccc1.CCc1cnc[nH]1. The van der Waals surface area contributed by atoms with Crippen molar-refractivity contribution >= 4 is 64.7 Å². The molecule has 5 aromatic rings. The maximum Gasteiger partial charge on any atom is 0.303 e. The monoisotopic (exact) mass is 1510 g/mol. The number of phenolic OH excluding ortho intramolecular Hbond substituents is 1. The molecule has 17 heteroatoms. The van der Waals surface area contributed by atoms with Gasteiger partial charge in [-0.1, -0.05) is 286 Å². The van der Waals surface area contributed by atoms with E-state index in [1.807, 2.05) is 98.5 Å². The Labute approximate surface area is 654 Å². The second-order valence-corrected chi connectivity index (χ2v) is 25.5. The summed E-state index contributed by atoms with van der Waals surface area (Å²) < 4.78 is 0. The van der Waals surface area contributed by atoms with Crippen LogP contribution < -0.4 is 17.2 Å². The number of ketones is 2. The number of nitrogens with zero attached hydrogens (tertiary/aromatic N) is 2. The number of thioether (sulfide) groups is 1.